The molecule has 0 fully saturated rings. The maximum atomic E-state index is 12.4. The van der Waals surface area contributed by atoms with E-state index in [-0.39, 0.29) is 5.91 Å². The van der Waals surface area contributed by atoms with Gasteiger partial charge in [-0.3, -0.25) is 4.79 Å². The molecule has 27 heavy (non-hydrogen) atoms. The molecule has 0 aliphatic rings. The van der Waals surface area contributed by atoms with E-state index in [4.69, 9.17) is 11.6 Å². The fourth-order valence-corrected chi connectivity index (χ4v) is 2.99. The first kappa shape index (κ1) is 18.9. The highest BCUT2D eigenvalue weighted by Gasteiger charge is 2.07. The zero-order chi connectivity index (χ0) is 19.1. The van der Waals surface area contributed by atoms with E-state index >= 15 is 0 Å². The minimum atomic E-state index is -0.113. The Labute approximate surface area is 164 Å². The number of hydrogen-bond donors (Lipinski definition) is 2. The van der Waals surface area contributed by atoms with Gasteiger partial charge < -0.3 is 10.6 Å². The minimum Gasteiger partial charge on any atom is -0.366 e. The van der Waals surface area contributed by atoms with Crippen molar-refractivity contribution >= 4 is 23.3 Å². The van der Waals surface area contributed by atoms with E-state index in [0.29, 0.717) is 29.5 Å². The largest absolute Gasteiger partial charge is 0.366 e. The third kappa shape index (κ3) is 5.56. The van der Waals surface area contributed by atoms with E-state index in [0.717, 1.165) is 12.0 Å². The van der Waals surface area contributed by atoms with Gasteiger partial charge in [-0.25, -0.2) is 4.98 Å². The van der Waals surface area contributed by atoms with Crippen molar-refractivity contribution in [2.24, 2.45) is 0 Å². The van der Waals surface area contributed by atoms with Crippen LogP contribution in [0, 0.1) is 6.92 Å². The third-order valence-corrected chi connectivity index (χ3v) is 4.57. The summed E-state index contributed by atoms with van der Waals surface area (Å²) in [6, 6.07) is 19.3. The van der Waals surface area contributed by atoms with Gasteiger partial charge in [0, 0.05) is 29.9 Å². The van der Waals surface area contributed by atoms with Crippen LogP contribution >= 0.6 is 11.6 Å². The predicted octanol–water partition coefficient (Wildman–Crippen LogP) is 4.63. The lowest BCUT2D eigenvalue weighted by Crippen LogP contribution is -2.25. The van der Waals surface area contributed by atoms with Gasteiger partial charge in [0.1, 0.15) is 5.82 Å². The molecule has 3 rings (SSSR count). The number of rotatable bonds is 7. The second-order valence-electron chi connectivity index (χ2n) is 6.35. The second-order valence-corrected chi connectivity index (χ2v) is 6.78. The van der Waals surface area contributed by atoms with E-state index < -0.39 is 0 Å². The average molecular weight is 380 g/mol. The van der Waals surface area contributed by atoms with Crippen LogP contribution in [0.5, 0.6) is 0 Å². The Kier molecular flexibility index (Phi) is 6.44. The molecule has 2 N–H and O–H groups in total. The highest BCUT2D eigenvalue weighted by Crippen LogP contribution is 2.13. The molecule has 0 bridgehead atoms. The predicted molar refractivity (Wildman–Crippen MR) is 110 cm³/mol. The summed E-state index contributed by atoms with van der Waals surface area (Å²) >= 11 is 5.98. The number of aryl methyl sites for hydroxylation is 1. The quantitative estimate of drug-likeness (QED) is 0.629. The maximum Gasteiger partial charge on any atom is 0.251 e. The molecule has 1 amide bonds. The van der Waals surface area contributed by atoms with E-state index in [1.165, 1.54) is 11.1 Å². The van der Waals surface area contributed by atoms with Gasteiger partial charge in [-0.15, -0.1) is 0 Å². The van der Waals surface area contributed by atoms with Crippen LogP contribution in [0.4, 0.5) is 5.82 Å². The fourth-order valence-electron chi connectivity index (χ4n) is 2.78. The lowest BCUT2D eigenvalue weighted by molar-refractivity contribution is 0.0954. The van der Waals surface area contributed by atoms with E-state index in [9.17, 15) is 4.79 Å². The van der Waals surface area contributed by atoms with Gasteiger partial charge in [-0.05, 0) is 54.3 Å². The molecular formula is C22H22ClN3O. The SMILES string of the molecule is Cc1ccccc1CNc1cc(C(=O)NCCc2cccc(Cl)c2)ccn1. The van der Waals surface area contributed by atoms with Crippen LogP contribution in [0.15, 0.2) is 66.9 Å². The lowest BCUT2D eigenvalue weighted by Gasteiger charge is -2.10. The number of carbonyl (C=O) groups is 1. The molecule has 2 aromatic carbocycles. The number of nitrogens with one attached hydrogen (secondary N) is 2. The number of anilines is 1. The molecule has 0 atom stereocenters. The summed E-state index contributed by atoms with van der Waals surface area (Å²) in [7, 11) is 0. The van der Waals surface area contributed by atoms with Crippen molar-refractivity contribution in [1.82, 2.24) is 10.3 Å². The van der Waals surface area contributed by atoms with Gasteiger partial charge in [-0.1, -0.05) is 48.0 Å². The van der Waals surface area contributed by atoms with Crippen molar-refractivity contribution in [1.29, 1.82) is 0 Å². The average Bonchev–Trinajstić information content (AvgIpc) is 2.67. The molecule has 0 spiro atoms. The van der Waals surface area contributed by atoms with Crippen molar-refractivity contribution in [2.75, 3.05) is 11.9 Å². The lowest BCUT2D eigenvalue weighted by atomic mass is 10.1. The number of nitrogens with zero attached hydrogens (tertiary/aromatic N) is 1. The zero-order valence-corrected chi connectivity index (χ0v) is 16.0. The van der Waals surface area contributed by atoms with Gasteiger partial charge in [-0.2, -0.15) is 0 Å². The Balaban J connectivity index is 1.54. The Bertz CT molecular complexity index is 927. The summed E-state index contributed by atoms with van der Waals surface area (Å²) in [5.74, 6) is 0.569. The molecule has 3 aromatic rings. The molecule has 4 nitrogen and oxygen atoms in total. The summed E-state index contributed by atoms with van der Waals surface area (Å²) in [5.41, 5.74) is 4.11. The summed E-state index contributed by atoms with van der Waals surface area (Å²) in [6.07, 6.45) is 2.38. The van der Waals surface area contributed by atoms with Gasteiger partial charge in [0.15, 0.2) is 0 Å². The van der Waals surface area contributed by atoms with E-state index in [1.54, 1.807) is 18.3 Å². The van der Waals surface area contributed by atoms with Crippen LogP contribution in [0.1, 0.15) is 27.0 Å². The van der Waals surface area contributed by atoms with Crippen LogP contribution in [-0.2, 0) is 13.0 Å². The highest BCUT2D eigenvalue weighted by atomic mass is 35.5. The Hall–Kier alpha value is -2.85. The molecule has 138 valence electrons. The van der Waals surface area contributed by atoms with Crippen LogP contribution in [0.25, 0.3) is 0 Å². The molecule has 0 aliphatic carbocycles. The normalized spacial score (nSPS) is 10.4. The molecule has 0 unspecified atom stereocenters. The van der Waals surface area contributed by atoms with Gasteiger partial charge in [0.2, 0.25) is 0 Å². The Morgan fingerprint density at radius 1 is 1.07 bits per heavy atom. The number of amides is 1. The fraction of sp³-hybridized carbons (Fsp3) is 0.182. The van der Waals surface area contributed by atoms with Gasteiger partial charge >= 0.3 is 0 Å². The first-order chi connectivity index (χ1) is 13.1. The number of pyridine rings is 1. The monoisotopic (exact) mass is 379 g/mol. The topological polar surface area (TPSA) is 54.0 Å². The second kappa shape index (κ2) is 9.19. The van der Waals surface area contributed by atoms with Crippen LogP contribution in [-0.4, -0.2) is 17.4 Å². The van der Waals surface area contributed by atoms with Gasteiger partial charge in [0.05, 0.1) is 0 Å². The summed E-state index contributed by atoms with van der Waals surface area (Å²) < 4.78 is 0. The zero-order valence-electron chi connectivity index (χ0n) is 15.2. The maximum absolute atomic E-state index is 12.4. The molecule has 0 radical (unpaired) electrons. The van der Waals surface area contributed by atoms with Crippen molar-refractivity contribution in [3.63, 3.8) is 0 Å². The first-order valence-electron chi connectivity index (χ1n) is 8.89. The summed E-state index contributed by atoms with van der Waals surface area (Å²) in [4.78, 5) is 16.7. The minimum absolute atomic E-state index is 0.113. The number of hydrogen-bond acceptors (Lipinski definition) is 3. The van der Waals surface area contributed by atoms with Crippen LogP contribution in [0.3, 0.4) is 0 Å². The summed E-state index contributed by atoms with van der Waals surface area (Å²) in [6.45, 7) is 3.29. The smallest absolute Gasteiger partial charge is 0.251 e. The summed E-state index contributed by atoms with van der Waals surface area (Å²) in [5, 5.41) is 6.92. The standard InChI is InChI=1S/C22H22ClN3O/c1-16-5-2-3-7-19(16)15-26-21-14-18(10-12-24-21)22(27)25-11-9-17-6-4-8-20(23)13-17/h2-8,10,12-14H,9,11,15H2,1H3,(H,24,26)(H,25,27). The Morgan fingerprint density at radius 2 is 1.93 bits per heavy atom. The number of carbonyl (C=O) groups excluding carboxylic acids is 1. The van der Waals surface area contributed by atoms with E-state index in [1.807, 2.05) is 36.4 Å². The number of halogens is 1. The number of benzene rings is 2. The molecule has 1 aromatic heterocycles. The van der Waals surface area contributed by atoms with Crippen molar-refractivity contribution in [2.45, 2.75) is 19.9 Å². The first-order valence-corrected chi connectivity index (χ1v) is 9.27. The van der Waals surface area contributed by atoms with Crippen molar-refractivity contribution < 1.29 is 4.79 Å². The van der Waals surface area contributed by atoms with Crippen molar-refractivity contribution in [3.05, 3.63) is 94.1 Å². The Morgan fingerprint density at radius 3 is 2.74 bits per heavy atom. The third-order valence-electron chi connectivity index (χ3n) is 4.33. The molecule has 0 saturated heterocycles. The van der Waals surface area contributed by atoms with Gasteiger partial charge in [0.25, 0.3) is 5.91 Å². The number of aromatic nitrogens is 1. The highest BCUT2D eigenvalue weighted by molar-refractivity contribution is 6.30. The molecule has 0 aliphatic heterocycles. The van der Waals surface area contributed by atoms with Crippen LogP contribution in [0.2, 0.25) is 5.02 Å². The van der Waals surface area contributed by atoms with E-state index in [2.05, 4.69) is 34.7 Å². The molecule has 5 heteroatoms. The molecule has 1 heterocycles. The molecule has 0 saturated carbocycles. The molecular weight excluding hydrogens is 358 g/mol. The van der Waals surface area contributed by atoms with Crippen LogP contribution < -0.4 is 10.6 Å². The van der Waals surface area contributed by atoms with Crippen molar-refractivity contribution in [3.8, 4) is 0 Å².